The molecule has 0 saturated carbocycles. The van der Waals surface area contributed by atoms with Gasteiger partial charge in [0.15, 0.2) is 0 Å². The predicted molar refractivity (Wildman–Crippen MR) is 205 cm³/mol. The minimum absolute atomic E-state index is 0.0380. The number of imidazole rings is 2. The molecule has 2 atom stereocenters. The highest BCUT2D eigenvalue weighted by Crippen LogP contribution is 2.27. The summed E-state index contributed by atoms with van der Waals surface area (Å²) in [6, 6.07) is 15.3. The summed E-state index contributed by atoms with van der Waals surface area (Å²) in [7, 11) is 1.29. The Hall–Kier alpha value is -4.97. The van der Waals surface area contributed by atoms with Crippen LogP contribution in [0.5, 0.6) is 0 Å². The van der Waals surface area contributed by atoms with E-state index in [0.717, 1.165) is 52.3 Å². The second kappa shape index (κ2) is 19.0. The molecule has 12 nitrogen and oxygen atoms in total. The fraction of sp³-hybridized carbons (Fsp3) is 0.475. The number of hydrogen-bond acceptors (Lipinski definition) is 7. The molecule has 4 aromatic rings. The predicted octanol–water partition coefficient (Wildman–Crippen LogP) is 6.76. The van der Waals surface area contributed by atoms with Crippen molar-refractivity contribution in [2.24, 2.45) is 17.6 Å². The van der Waals surface area contributed by atoms with Gasteiger partial charge in [-0.05, 0) is 59.8 Å². The number of rotatable bonds is 18. The van der Waals surface area contributed by atoms with Crippen molar-refractivity contribution in [1.82, 2.24) is 35.1 Å². The van der Waals surface area contributed by atoms with Crippen LogP contribution in [-0.4, -0.2) is 79.9 Å². The number of nitrogens with one attached hydrogen (secondary N) is 3. The van der Waals surface area contributed by atoms with Crippen molar-refractivity contribution in [1.29, 1.82) is 0 Å². The zero-order chi connectivity index (χ0) is 37.8. The number of ether oxygens (including phenoxy) is 1. The first-order valence-corrected chi connectivity index (χ1v) is 18.4. The van der Waals surface area contributed by atoms with Gasteiger partial charge in [0.25, 0.3) is 0 Å². The number of aromatic nitrogens is 4. The van der Waals surface area contributed by atoms with Crippen molar-refractivity contribution in [2.75, 3.05) is 20.2 Å². The van der Waals surface area contributed by atoms with Gasteiger partial charge in [-0.3, -0.25) is 9.59 Å². The highest BCUT2D eigenvalue weighted by atomic mass is 16.5. The molecule has 5 N–H and O–H groups in total. The van der Waals surface area contributed by atoms with Crippen LogP contribution in [0.25, 0.3) is 33.6 Å². The van der Waals surface area contributed by atoms with E-state index in [1.54, 1.807) is 22.2 Å². The molecule has 0 unspecified atom stereocenters. The van der Waals surface area contributed by atoms with Gasteiger partial charge >= 0.3 is 6.09 Å². The summed E-state index contributed by atoms with van der Waals surface area (Å²) >= 11 is 0. The fourth-order valence-electron chi connectivity index (χ4n) is 6.26. The van der Waals surface area contributed by atoms with Gasteiger partial charge in [-0.1, -0.05) is 90.1 Å². The maximum atomic E-state index is 13.5. The lowest BCUT2D eigenvalue weighted by molar-refractivity contribution is -0.135. The lowest BCUT2D eigenvalue weighted by Crippen LogP contribution is -2.49. The van der Waals surface area contributed by atoms with Gasteiger partial charge in [0, 0.05) is 13.1 Å². The van der Waals surface area contributed by atoms with Crippen molar-refractivity contribution in [3.05, 3.63) is 72.6 Å². The quantitative estimate of drug-likeness (QED) is 0.0887. The summed E-state index contributed by atoms with van der Waals surface area (Å²) < 4.78 is 4.76. The minimum Gasteiger partial charge on any atom is -0.453 e. The van der Waals surface area contributed by atoms with E-state index in [1.807, 2.05) is 32.9 Å². The Morgan fingerprint density at radius 2 is 1.13 bits per heavy atom. The van der Waals surface area contributed by atoms with E-state index in [2.05, 4.69) is 82.4 Å². The molecule has 52 heavy (non-hydrogen) atoms. The van der Waals surface area contributed by atoms with E-state index in [1.165, 1.54) is 7.11 Å². The summed E-state index contributed by atoms with van der Waals surface area (Å²) in [6.45, 7) is 14.1. The van der Waals surface area contributed by atoms with Gasteiger partial charge in [0.2, 0.25) is 11.8 Å². The monoisotopic (exact) mass is 712 g/mol. The first kappa shape index (κ1) is 39.8. The highest BCUT2D eigenvalue weighted by Gasteiger charge is 2.28. The maximum absolute atomic E-state index is 13.5. The molecule has 280 valence electrons. The molecule has 0 aliphatic rings. The van der Waals surface area contributed by atoms with E-state index in [0.29, 0.717) is 50.8 Å². The fourth-order valence-corrected chi connectivity index (χ4v) is 6.26. The van der Waals surface area contributed by atoms with Gasteiger partial charge in [-0.25, -0.2) is 14.8 Å². The van der Waals surface area contributed by atoms with E-state index in [4.69, 9.17) is 10.5 Å². The van der Waals surface area contributed by atoms with Crippen LogP contribution < -0.4 is 11.1 Å². The smallest absolute Gasteiger partial charge is 0.407 e. The maximum Gasteiger partial charge on any atom is 0.407 e. The van der Waals surface area contributed by atoms with Gasteiger partial charge < -0.3 is 35.6 Å². The van der Waals surface area contributed by atoms with Crippen LogP contribution in [0.2, 0.25) is 0 Å². The molecule has 0 aliphatic carbocycles. The zero-order valence-electron chi connectivity index (χ0n) is 31.7. The van der Waals surface area contributed by atoms with Crippen molar-refractivity contribution in [2.45, 2.75) is 92.4 Å². The van der Waals surface area contributed by atoms with Crippen LogP contribution in [0.4, 0.5) is 4.79 Å². The number of nitrogens with two attached hydrogens (primary N) is 1. The number of nitrogens with zero attached hydrogens (tertiary/aromatic N) is 4. The van der Waals surface area contributed by atoms with Crippen molar-refractivity contribution in [3.63, 3.8) is 0 Å². The first-order valence-electron chi connectivity index (χ1n) is 18.4. The average molecular weight is 713 g/mol. The Bertz CT molecular complexity index is 1730. The van der Waals surface area contributed by atoms with Crippen molar-refractivity contribution < 1.29 is 19.1 Å². The number of hydrogen-bond donors (Lipinski definition) is 4. The number of carbonyl (C=O) groups excluding carboxylic acids is 3. The molecular formula is C40H56N8O4. The second-order valence-electron chi connectivity index (χ2n) is 14.2. The molecule has 0 fully saturated rings. The molecular weight excluding hydrogens is 656 g/mol. The van der Waals surface area contributed by atoms with E-state index in [9.17, 15) is 14.4 Å². The third-order valence-electron chi connectivity index (χ3n) is 8.80. The number of methoxy groups -OCH3 is 1. The van der Waals surface area contributed by atoms with Crippen LogP contribution in [0.3, 0.4) is 0 Å². The molecule has 0 spiro atoms. The lowest BCUT2D eigenvalue weighted by atomic mass is 10.0. The van der Waals surface area contributed by atoms with Crippen LogP contribution in [0, 0.1) is 11.8 Å². The summed E-state index contributed by atoms with van der Waals surface area (Å²) in [4.78, 5) is 57.9. The Labute approximate surface area is 307 Å². The molecule has 12 heteroatoms. The Morgan fingerprint density at radius 1 is 0.712 bits per heavy atom. The number of H-pyrrole nitrogens is 2. The van der Waals surface area contributed by atoms with Crippen molar-refractivity contribution in [3.8, 4) is 33.6 Å². The normalized spacial score (nSPS) is 12.5. The minimum atomic E-state index is -0.676. The molecule has 0 bridgehead atoms. The van der Waals surface area contributed by atoms with Gasteiger partial charge in [0.1, 0.15) is 17.7 Å². The lowest BCUT2D eigenvalue weighted by Gasteiger charge is -2.27. The second-order valence-corrected chi connectivity index (χ2v) is 14.2. The third kappa shape index (κ3) is 11.0. The molecule has 4 rings (SSSR count). The van der Waals surface area contributed by atoms with Gasteiger partial charge in [-0.15, -0.1) is 0 Å². The molecule has 3 amide bonds. The SMILES string of the molecule is CCCN(Cc1ncc(-c2ccc(-c3ccc(-c4cnc(CN(CCC)C(=O)[C@@H](N)CC(C)C)[nH]4)cc3)cc2)[nH]1)C(=O)[C@H](CC(C)C)NC(=O)OC. The summed E-state index contributed by atoms with van der Waals surface area (Å²) in [5, 5.41) is 2.70. The van der Waals surface area contributed by atoms with Gasteiger partial charge in [-0.2, -0.15) is 0 Å². The standard InChI is InChI=1S/C40H56N8O4/c1-8-18-47(38(49)32(41)20-26(3)4)24-36-42-22-34(44-36)30-14-10-28(11-15-30)29-12-16-31(17-13-29)35-23-43-37(45-35)25-48(19-9-2)39(50)33(21-27(5)6)46-40(51)52-7/h10-17,22-23,26-27,32-33H,8-9,18-21,24-25,41H2,1-7H3,(H,42,44)(H,43,45)(H,46,51)/t32-,33-/m0/s1. The average Bonchev–Trinajstić information content (AvgIpc) is 3.80. The summed E-state index contributed by atoms with van der Waals surface area (Å²) in [6.07, 6.45) is 5.74. The summed E-state index contributed by atoms with van der Waals surface area (Å²) in [5.74, 6) is 1.76. The number of aromatic amines is 2. The Kier molecular flexibility index (Phi) is 14.6. The Morgan fingerprint density at radius 3 is 1.54 bits per heavy atom. The van der Waals surface area contributed by atoms with E-state index >= 15 is 0 Å². The van der Waals surface area contributed by atoms with Gasteiger partial charge in [0.05, 0.1) is 50.0 Å². The molecule has 2 heterocycles. The number of alkyl carbamates (subject to hydrolysis) is 1. The topological polar surface area (TPSA) is 162 Å². The zero-order valence-corrected chi connectivity index (χ0v) is 31.7. The van der Waals surface area contributed by atoms with Crippen LogP contribution in [0.1, 0.15) is 78.9 Å². The molecule has 0 radical (unpaired) electrons. The molecule has 0 saturated heterocycles. The number of carbonyl (C=O) groups is 3. The van der Waals surface area contributed by atoms with Crippen molar-refractivity contribution >= 4 is 17.9 Å². The van der Waals surface area contributed by atoms with Crippen LogP contribution >= 0.6 is 0 Å². The molecule has 0 aliphatic heterocycles. The Balaban J connectivity index is 1.40. The van der Waals surface area contributed by atoms with Crippen LogP contribution in [-0.2, 0) is 27.4 Å². The summed E-state index contributed by atoms with van der Waals surface area (Å²) in [5.41, 5.74) is 12.1. The first-order chi connectivity index (χ1) is 24.9. The molecule has 2 aromatic carbocycles. The largest absolute Gasteiger partial charge is 0.453 e. The van der Waals surface area contributed by atoms with E-state index in [-0.39, 0.29) is 17.7 Å². The molecule has 2 aromatic heterocycles. The number of benzene rings is 2. The van der Waals surface area contributed by atoms with E-state index < -0.39 is 18.2 Å². The number of amides is 3. The highest BCUT2D eigenvalue weighted by molar-refractivity contribution is 5.85. The third-order valence-corrected chi connectivity index (χ3v) is 8.80. The van der Waals surface area contributed by atoms with Crippen LogP contribution in [0.15, 0.2) is 60.9 Å².